The molecule has 0 amide bonds. The van der Waals surface area contributed by atoms with Crippen molar-refractivity contribution in [3.63, 3.8) is 0 Å². The highest BCUT2D eigenvalue weighted by molar-refractivity contribution is 9.10. The highest BCUT2D eigenvalue weighted by Crippen LogP contribution is 2.39. The van der Waals surface area contributed by atoms with Crippen LogP contribution in [0.1, 0.15) is 52.7 Å². The number of nitrogens with one attached hydrogen (secondary N) is 1. The van der Waals surface area contributed by atoms with E-state index < -0.39 is 47.1 Å². The average Bonchev–Trinajstić information content (AvgIpc) is 2.80. The maximum atomic E-state index is 15.3. The Labute approximate surface area is 224 Å². The Morgan fingerprint density at radius 1 is 1.11 bits per heavy atom. The second-order valence-corrected chi connectivity index (χ2v) is 15.4. The van der Waals surface area contributed by atoms with Gasteiger partial charge in [0.05, 0.1) is 41.1 Å². The Balaban J connectivity index is 2.76. The number of hydrogen-bond acceptors (Lipinski definition) is 6. The summed E-state index contributed by atoms with van der Waals surface area (Å²) in [6.45, 7) is 8.86. The smallest absolute Gasteiger partial charge is 0.197 e. The van der Waals surface area contributed by atoms with Crippen LogP contribution in [0, 0.1) is 17.1 Å². The monoisotopic (exact) mass is 602 g/mol. The van der Waals surface area contributed by atoms with E-state index in [9.17, 15) is 17.9 Å². The zero-order valence-corrected chi connectivity index (χ0v) is 24.6. The van der Waals surface area contributed by atoms with E-state index >= 15 is 4.39 Å². The van der Waals surface area contributed by atoms with Crippen LogP contribution in [-0.4, -0.2) is 34.7 Å². The van der Waals surface area contributed by atoms with E-state index in [0.29, 0.717) is 15.8 Å². The van der Waals surface area contributed by atoms with Crippen molar-refractivity contribution < 1.29 is 26.5 Å². The number of hydrogen-bond donors (Lipinski definition) is 1. The van der Waals surface area contributed by atoms with E-state index in [0.717, 1.165) is 0 Å². The van der Waals surface area contributed by atoms with Crippen LogP contribution in [0.2, 0.25) is 0 Å². The number of ether oxygens (including phenoxy) is 2. The number of rotatable bonds is 10. The van der Waals surface area contributed by atoms with Gasteiger partial charge in [-0.15, -0.1) is 0 Å². The number of nitrogens with zero attached hydrogens (tertiary/aromatic N) is 1. The van der Waals surface area contributed by atoms with E-state index in [4.69, 9.17) is 9.47 Å². The molecule has 2 rings (SSSR count). The molecule has 0 aliphatic carbocycles. The molecule has 2 aromatic rings. The van der Waals surface area contributed by atoms with Gasteiger partial charge in [-0.05, 0) is 77.4 Å². The van der Waals surface area contributed by atoms with Crippen molar-refractivity contribution in [2.45, 2.75) is 68.6 Å². The molecule has 3 atom stereocenters. The molecule has 3 unspecified atom stereocenters. The summed E-state index contributed by atoms with van der Waals surface area (Å²) >= 11 is 3.31. The summed E-state index contributed by atoms with van der Waals surface area (Å²) in [6.07, 6.45) is 0. The van der Waals surface area contributed by atoms with Gasteiger partial charge < -0.3 is 9.47 Å². The third-order valence-electron chi connectivity index (χ3n) is 5.64. The summed E-state index contributed by atoms with van der Waals surface area (Å²) in [5.74, 6) is -0.112. The Morgan fingerprint density at radius 3 is 2.19 bits per heavy atom. The molecular formula is C25H32BrFN2O5S2. The van der Waals surface area contributed by atoms with Crippen LogP contribution in [0.4, 0.5) is 4.39 Å². The third-order valence-corrected chi connectivity index (χ3v) is 10.5. The average molecular weight is 604 g/mol. The van der Waals surface area contributed by atoms with Crippen molar-refractivity contribution in [1.82, 2.24) is 4.72 Å². The van der Waals surface area contributed by atoms with Gasteiger partial charge in [-0.2, -0.15) is 5.26 Å². The zero-order valence-electron chi connectivity index (χ0n) is 21.4. The van der Waals surface area contributed by atoms with Crippen molar-refractivity contribution in [2.75, 3.05) is 7.11 Å². The molecule has 0 aromatic heterocycles. The normalized spacial score (nSPS) is 16.0. The lowest BCUT2D eigenvalue weighted by Crippen LogP contribution is -2.59. The molecule has 2 aromatic carbocycles. The van der Waals surface area contributed by atoms with Gasteiger partial charge in [0.15, 0.2) is 20.0 Å². The number of nitriles is 1. The molecule has 0 aliphatic heterocycles. The molecule has 0 radical (unpaired) electrons. The van der Waals surface area contributed by atoms with Gasteiger partial charge in [0, 0.05) is 10.0 Å². The van der Waals surface area contributed by atoms with E-state index in [1.165, 1.54) is 46.1 Å². The van der Waals surface area contributed by atoms with Gasteiger partial charge in [-0.25, -0.2) is 21.7 Å². The summed E-state index contributed by atoms with van der Waals surface area (Å²) in [5.41, 5.74) is -3.10. The molecule has 1 N–H and O–H groups in total. The second kappa shape index (κ2) is 11.3. The molecule has 0 spiro atoms. The van der Waals surface area contributed by atoms with E-state index in [1.807, 2.05) is 6.07 Å². The Morgan fingerprint density at radius 2 is 1.69 bits per heavy atom. The third kappa shape index (κ3) is 6.53. The Hall–Kier alpha value is -1.84. The molecule has 0 bridgehead atoms. The van der Waals surface area contributed by atoms with Crippen LogP contribution in [0.5, 0.6) is 5.75 Å². The second-order valence-electron chi connectivity index (χ2n) is 9.97. The van der Waals surface area contributed by atoms with Crippen molar-refractivity contribution in [3.05, 3.63) is 63.9 Å². The molecular weight excluding hydrogens is 571 g/mol. The fraction of sp³-hybridized carbons (Fsp3) is 0.480. The lowest BCUT2D eigenvalue weighted by Gasteiger charge is -2.41. The highest BCUT2D eigenvalue weighted by atomic mass is 79.9. The molecule has 0 fully saturated rings. The molecule has 0 saturated heterocycles. The largest absolute Gasteiger partial charge is 0.497 e. The summed E-state index contributed by atoms with van der Waals surface area (Å²) < 4.78 is 68.2. The van der Waals surface area contributed by atoms with E-state index in [2.05, 4.69) is 20.7 Å². The van der Waals surface area contributed by atoms with Gasteiger partial charge >= 0.3 is 0 Å². The fourth-order valence-electron chi connectivity index (χ4n) is 3.26. The number of halogens is 2. The number of methoxy groups -OCH3 is 1. The highest BCUT2D eigenvalue weighted by Gasteiger charge is 2.54. The number of benzene rings is 2. The van der Waals surface area contributed by atoms with Crippen LogP contribution >= 0.6 is 15.9 Å². The van der Waals surface area contributed by atoms with Crippen LogP contribution < -0.4 is 9.46 Å². The maximum absolute atomic E-state index is 15.3. The molecule has 198 valence electrons. The minimum Gasteiger partial charge on any atom is -0.497 e. The molecule has 0 aliphatic rings. The topological polar surface area (TPSA) is 105 Å². The van der Waals surface area contributed by atoms with Gasteiger partial charge in [0.1, 0.15) is 11.6 Å². The van der Waals surface area contributed by atoms with Gasteiger partial charge in [-0.1, -0.05) is 28.1 Å². The van der Waals surface area contributed by atoms with Gasteiger partial charge in [0.2, 0.25) is 0 Å². The molecule has 0 heterocycles. The Kier molecular flexibility index (Phi) is 9.51. The maximum Gasteiger partial charge on any atom is 0.197 e. The van der Waals surface area contributed by atoms with Crippen molar-refractivity contribution >= 4 is 36.8 Å². The van der Waals surface area contributed by atoms with E-state index in [-0.39, 0.29) is 12.2 Å². The lowest BCUT2D eigenvalue weighted by molar-refractivity contribution is 0.0369. The van der Waals surface area contributed by atoms with Gasteiger partial charge in [0.25, 0.3) is 0 Å². The zero-order chi connectivity index (χ0) is 27.5. The lowest BCUT2D eigenvalue weighted by atomic mass is 9.93. The molecule has 36 heavy (non-hydrogen) atoms. The summed E-state index contributed by atoms with van der Waals surface area (Å²) in [4.78, 5) is 0. The minimum atomic E-state index is -4.45. The Bertz CT molecular complexity index is 1250. The predicted octanol–water partition coefficient (Wildman–Crippen LogP) is 5.12. The van der Waals surface area contributed by atoms with Crippen molar-refractivity contribution in [3.8, 4) is 11.8 Å². The van der Waals surface area contributed by atoms with Crippen molar-refractivity contribution in [2.24, 2.45) is 0 Å². The first-order chi connectivity index (χ1) is 16.5. The van der Waals surface area contributed by atoms with Gasteiger partial charge in [-0.3, -0.25) is 0 Å². The summed E-state index contributed by atoms with van der Waals surface area (Å²) in [7, 11) is -4.76. The van der Waals surface area contributed by atoms with Crippen molar-refractivity contribution in [1.29, 1.82) is 5.26 Å². The fourth-order valence-corrected chi connectivity index (χ4v) is 6.32. The molecule has 11 heteroatoms. The van der Waals surface area contributed by atoms with E-state index in [1.54, 1.807) is 45.0 Å². The predicted molar refractivity (Wildman–Crippen MR) is 143 cm³/mol. The summed E-state index contributed by atoms with van der Waals surface area (Å²) in [5, 5.41) is 9.71. The molecule has 0 saturated carbocycles. The first kappa shape index (κ1) is 30.4. The number of sulfone groups is 1. The SMILES string of the molecule is COc1ccc(COC(C(C)(NS(=O)C(C)(C)C)c2cc(Br)ccc2F)S(=O)(=O)C(C)(C)C#N)cc1. The van der Waals surface area contributed by atoms with Crippen LogP contribution in [-0.2, 0) is 37.7 Å². The standard InChI is InChI=1S/C25H32BrFN2O5S2/c1-23(2,3)35(30)29-25(6,20-14-18(26)10-13-21(20)27)22(36(31,32)24(4,5)16-28)34-15-17-8-11-19(33-7)12-9-17/h8-14,22,29H,15H2,1-7H3. The first-order valence-electron chi connectivity index (χ1n) is 11.0. The molecule has 7 nitrogen and oxygen atoms in total. The quantitative estimate of drug-likeness (QED) is 0.404. The minimum absolute atomic E-state index is 0.0773. The summed E-state index contributed by atoms with van der Waals surface area (Å²) in [6, 6.07) is 12.7. The van der Waals surface area contributed by atoms with Crippen LogP contribution in [0.3, 0.4) is 0 Å². The van der Waals surface area contributed by atoms with Crippen LogP contribution in [0.15, 0.2) is 46.9 Å². The first-order valence-corrected chi connectivity index (χ1v) is 14.5. The van der Waals surface area contributed by atoms with Crippen LogP contribution in [0.25, 0.3) is 0 Å².